The lowest BCUT2D eigenvalue weighted by Crippen LogP contribution is -2.25. The van der Waals surface area contributed by atoms with Gasteiger partial charge < -0.3 is 23.9 Å². The number of oxazole rings is 1. The Morgan fingerprint density at radius 1 is 1.10 bits per heavy atom. The Morgan fingerprint density at radius 3 is 2.74 bits per heavy atom. The quantitative estimate of drug-likeness (QED) is 0.231. The summed E-state index contributed by atoms with van der Waals surface area (Å²) in [7, 11) is 1.82. The number of hydrogen-bond donors (Lipinski definition) is 4. The molecule has 0 radical (unpaired) electrons. The lowest BCUT2D eigenvalue weighted by Gasteiger charge is -2.04. The second kappa shape index (κ2) is 9.00. The number of hydrogen-bond acceptors (Lipinski definition) is 9. The zero-order valence-electron chi connectivity index (χ0n) is 16.7. The highest BCUT2D eigenvalue weighted by Crippen LogP contribution is 2.27. The standard InChI is InChI=1S/C20H21N5O6/c1-25-16-5-2-12(18(28)24-30-9-7-27)10-15(16)21-19(25)23-20-22-14-4-3-13(29-8-6-26)11-17(14)31-20/h2-5,10-11,26-27H,6-9H2,1H3,(H,24,28)(H,21,22,23). The fraction of sp³-hybridized carbons (Fsp3) is 0.250. The monoisotopic (exact) mass is 427 g/mol. The number of aryl methyl sites for hydroxylation is 1. The molecule has 162 valence electrons. The van der Waals surface area contributed by atoms with E-state index in [0.29, 0.717) is 33.9 Å². The van der Waals surface area contributed by atoms with E-state index in [0.717, 1.165) is 5.52 Å². The number of rotatable bonds is 9. The third kappa shape index (κ3) is 4.43. The van der Waals surface area contributed by atoms with E-state index >= 15 is 0 Å². The number of carbonyl (C=O) groups is 1. The Labute approximate surface area is 176 Å². The topological polar surface area (TPSA) is 144 Å². The van der Waals surface area contributed by atoms with Crippen LogP contribution in [0.15, 0.2) is 40.8 Å². The molecule has 4 aromatic rings. The first kappa shape index (κ1) is 20.6. The van der Waals surface area contributed by atoms with Gasteiger partial charge in [0, 0.05) is 18.7 Å². The van der Waals surface area contributed by atoms with Crippen molar-refractivity contribution in [1.82, 2.24) is 20.0 Å². The van der Waals surface area contributed by atoms with Crippen LogP contribution in [0.25, 0.3) is 22.1 Å². The minimum Gasteiger partial charge on any atom is -0.491 e. The summed E-state index contributed by atoms with van der Waals surface area (Å²) in [6.07, 6.45) is 0. The van der Waals surface area contributed by atoms with Gasteiger partial charge in [-0.2, -0.15) is 4.98 Å². The van der Waals surface area contributed by atoms with Crippen molar-refractivity contribution >= 4 is 40.0 Å². The second-order valence-corrected chi connectivity index (χ2v) is 6.55. The van der Waals surface area contributed by atoms with E-state index < -0.39 is 5.91 Å². The Balaban J connectivity index is 1.55. The number of aliphatic hydroxyl groups excluding tert-OH is 2. The van der Waals surface area contributed by atoms with Crippen LogP contribution in [0, 0.1) is 0 Å². The van der Waals surface area contributed by atoms with Crippen LogP contribution in [0.3, 0.4) is 0 Å². The number of carbonyl (C=O) groups excluding carboxylic acids is 1. The van der Waals surface area contributed by atoms with Gasteiger partial charge in [-0.3, -0.25) is 14.9 Å². The van der Waals surface area contributed by atoms with Crippen molar-refractivity contribution in [1.29, 1.82) is 0 Å². The molecule has 0 fully saturated rings. The van der Waals surface area contributed by atoms with E-state index in [1.54, 1.807) is 36.4 Å². The van der Waals surface area contributed by atoms with Crippen molar-refractivity contribution in [2.75, 3.05) is 31.7 Å². The third-order valence-corrected chi connectivity index (χ3v) is 4.44. The molecule has 4 N–H and O–H groups in total. The summed E-state index contributed by atoms with van der Waals surface area (Å²) in [5.74, 6) is 0.613. The number of anilines is 2. The van der Waals surface area contributed by atoms with Crippen molar-refractivity contribution in [2.45, 2.75) is 0 Å². The molecular weight excluding hydrogens is 406 g/mol. The van der Waals surface area contributed by atoms with Gasteiger partial charge in [-0.05, 0) is 30.3 Å². The van der Waals surface area contributed by atoms with Crippen LogP contribution in [-0.2, 0) is 11.9 Å². The smallest absolute Gasteiger partial charge is 0.302 e. The van der Waals surface area contributed by atoms with Crippen molar-refractivity contribution in [3.05, 3.63) is 42.0 Å². The van der Waals surface area contributed by atoms with Gasteiger partial charge in [0.15, 0.2) is 5.58 Å². The zero-order chi connectivity index (χ0) is 21.8. The maximum atomic E-state index is 12.1. The second-order valence-electron chi connectivity index (χ2n) is 6.55. The van der Waals surface area contributed by atoms with Gasteiger partial charge in [-0.1, -0.05) is 0 Å². The molecule has 2 aromatic heterocycles. The summed E-state index contributed by atoms with van der Waals surface area (Å²) in [4.78, 5) is 25.9. The van der Waals surface area contributed by atoms with Gasteiger partial charge in [-0.25, -0.2) is 10.5 Å². The van der Waals surface area contributed by atoms with Gasteiger partial charge in [0.1, 0.15) is 17.9 Å². The Kier molecular flexibility index (Phi) is 5.98. The molecule has 2 aromatic carbocycles. The number of aliphatic hydroxyl groups is 2. The van der Waals surface area contributed by atoms with E-state index in [2.05, 4.69) is 20.8 Å². The first-order valence-corrected chi connectivity index (χ1v) is 9.50. The molecule has 31 heavy (non-hydrogen) atoms. The highest BCUT2D eigenvalue weighted by atomic mass is 16.7. The Morgan fingerprint density at radius 2 is 1.94 bits per heavy atom. The average Bonchev–Trinajstić information content (AvgIpc) is 3.31. The number of benzene rings is 2. The fourth-order valence-electron chi connectivity index (χ4n) is 2.98. The van der Waals surface area contributed by atoms with E-state index in [4.69, 9.17) is 24.2 Å². The minimum absolute atomic E-state index is 0.00515. The number of ether oxygens (including phenoxy) is 1. The highest BCUT2D eigenvalue weighted by Gasteiger charge is 2.14. The molecule has 2 heterocycles. The lowest BCUT2D eigenvalue weighted by atomic mass is 10.2. The van der Waals surface area contributed by atoms with Crippen LogP contribution in [-0.4, -0.2) is 57.1 Å². The molecule has 0 bridgehead atoms. The number of fused-ring (bicyclic) bond motifs is 2. The Hall–Kier alpha value is -3.67. The predicted octanol–water partition coefficient (Wildman–Crippen LogP) is 1.48. The van der Waals surface area contributed by atoms with Crippen molar-refractivity contribution in [3.8, 4) is 5.75 Å². The molecule has 11 nitrogen and oxygen atoms in total. The van der Waals surface area contributed by atoms with Crippen LogP contribution >= 0.6 is 0 Å². The summed E-state index contributed by atoms with van der Waals surface area (Å²) in [6.45, 7) is -0.0716. The fourth-order valence-corrected chi connectivity index (χ4v) is 2.98. The molecule has 0 atom stereocenters. The van der Waals surface area contributed by atoms with Gasteiger partial charge >= 0.3 is 6.01 Å². The maximum absolute atomic E-state index is 12.1. The number of amides is 1. The molecule has 0 aliphatic carbocycles. The molecule has 0 saturated carbocycles. The first-order chi connectivity index (χ1) is 15.1. The highest BCUT2D eigenvalue weighted by molar-refractivity contribution is 5.97. The zero-order valence-corrected chi connectivity index (χ0v) is 16.7. The minimum atomic E-state index is -0.436. The molecule has 0 aliphatic heterocycles. The van der Waals surface area contributed by atoms with Gasteiger partial charge in [0.2, 0.25) is 5.95 Å². The molecule has 11 heteroatoms. The van der Waals surface area contributed by atoms with Crippen LogP contribution in [0.2, 0.25) is 0 Å². The molecule has 0 spiro atoms. The van der Waals surface area contributed by atoms with Gasteiger partial charge in [0.05, 0.1) is 30.9 Å². The van der Waals surface area contributed by atoms with E-state index in [9.17, 15) is 4.79 Å². The predicted molar refractivity (Wildman–Crippen MR) is 111 cm³/mol. The van der Waals surface area contributed by atoms with Crippen LogP contribution in [0.5, 0.6) is 5.75 Å². The van der Waals surface area contributed by atoms with Gasteiger partial charge in [0.25, 0.3) is 5.91 Å². The SMILES string of the molecule is Cn1c(Nc2nc3ccc(OCCO)cc3o2)nc2cc(C(=O)NOCCO)ccc21. The summed E-state index contributed by atoms with van der Waals surface area (Å²) in [6, 6.07) is 10.5. The van der Waals surface area contributed by atoms with E-state index in [1.807, 2.05) is 11.6 Å². The summed E-state index contributed by atoms with van der Waals surface area (Å²) in [5.41, 5.74) is 5.18. The van der Waals surface area contributed by atoms with Gasteiger partial charge in [-0.15, -0.1) is 0 Å². The van der Waals surface area contributed by atoms with Crippen molar-refractivity contribution < 1.29 is 29.0 Å². The third-order valence-electron chi connectivity index (χ3n) is 4.44. The molecule has 1 amide bonds. The van der Waals surface area contributed by atoms with Crippen molar-refractivity contribution in [3.63, 3.8) is 0 Å². The number of hydroxylamine groups is 1. The number of nitrogens with one attached hydrogen (secondary N) is 2. The van der Waals surface area contributed by atoms with Crippen molar-refractivity contribution in [2.24, 2.45) is 7.05 Å². The molecule has 0 unspecified atom stereocenters. The number of nitrogens with zero attached hydrogens (tertiary/aromatic N) is 3. The van der Waals surface area contributed by atoms with E-state index in [1.165, 1.54) is 0 Å². The maximum Gasteiger partial charge on any atom is 0.302 e. The molecule has 0 aliphatic rings. The van der Waals surface area contributed by atoms with Crippen LogP contribution in [0.4, 0.5) is 12.0 Å². The molecule has 0 saturated heterocycles. The normalized spacial score (nSPS) is 11.2. The van der Waals surface area contributed by atoms with Crippen LogP contribution < -0.4 is 15.5 Å². The summed E-state index contributed by atoms with van der Waals surface area (Å²) >= 11 is 0. The summed E-state index contributed by atoms with van der Waals surface area (Å²) in [5, 5.41) is 20.6. The average molecular weight is 427 g/mol. The number of aromatic nitrogens is 3. The molecular formula is C20H21N5O6. The first-order valence-electron chi connectivity index (χ1n) is 9.50. The summed E-state index contributed by atoms with van der Waals surface area (Å²) < 4.78 is 12.9. The lowest BCUT2D eigenvalue weighted by molar-refractivity contribution is 0.0168. The Bertz CT molecular complexity index is 1220. The number of imidazole rings is 1. The van der Waals surface area contributed by atoms with E-state index in [-0.39, 0.29) is 32.4 Å². The largest absolute Gasteiger partial charge is 0.491 e. The molecule has 4 rings (SSSR count). The van der Waals surface area contributed by atoms with Crippen LogP contribution in [0.1, 0.15) is 10.4 Å².